The molecule has 0 bridgehead atoms. The highest BCUT2D eigenvalue weighted by Gasteiger charge is 2.21. The molecule has 0 spiro atoms. The summed E-state index contributed by atoms with van der Waals surface area (Å²) in [6.07, 6.45) is 0.274. The number of aromatic nitrogens is 3. The van der Waals surface area contributed by atoms with Gasteiger partial charge in [-0.15, -0.1) is 0 Å². The predicted octanol–water partition coefficient (Wildman–Crippen LogP) is 5.41. The molecule has 2 N–H and O–H groups in total. The van der Waals surface area contributed by atoms with E-state index in [2.05, 4.69) is 20.6 Å². The molecule has 5 rings (SSSR count). The van der Waals surface area contributed by atoms with Gasteiger partial charge in [-0.25, -0.2) is 18.7 Å². The van der Waals surface area contributed by atoms with Crippen molar-refractivity contribution in [2.24, 2.45) is 0 Å². The van der Waals surface area contributed by atoms with E-state index in [1.807, 2.05) is 18.2 Å². The zero-order chi connectivity index (χ0) is 23.1. The second-order valence-corrected chi connectivity index (χ2v) is 8.44. The summed E-state index contributed by atoms with van der Waals surface area (Å²) in [7, 11) is 0. The Kier molecular flexibility index (Phi) is 5.74. The zero-order valence-corrected chi connectivity index (χ0v) is 18.6. The van der Waals surface area contributed by atoms with Gasteiger partial charge in [0, 0.05) is 24.6 Å². The van der Waals surface area contributed by atoms with Crippen molar-refractivity contribution in [2.75, 3.05) is 11.9 Å². The van der Waals surface area contributed by atoms with Crippen molar-refractivity contribution in [3.05, 3.63) is 85.9 Å². The molecule has 0 saturated carbocycles. The molecule has 168 valence electrons. The van der Waals surface area contributed by atoms with E-state index < -0.39 is 17.5 Å². The van der Waals surface area contributed by atoms with Crippen molar-refractivity contribution in [3.63, 3.8) is 0 Å². The lowest BCUT2D eigenvalue weighted by atomic mass is 10.0. The molecule has 10 heteroatoms. The third-order valence-corrected chi connectivity index (χ3v) is 6.15. The van der Waals surface area contributed by atoms with Crippen LogP contribution in [-0.2, 0) is 13.0 Å². The van der Waals surface area contributed by atoms with Crippen LogP contribution in [0.25, 0.3) is 16.6 Å². The van der Waals surface area contributed by atoms with Crippen molar-refractivity contribution in [1.82, 2.24) is 19.9 Å². The summed E-state index contributed by atoms with van der Waals surface area (Å²) in [5.41, 5.74) is 2.12. The van der Waals surface area contributed by atoms with Crippen LogP contribution >= 0.6 is 23.2 Å². The first-order chi connectivity index (χ1) is 15.9. The summed E-state index contributed by atoms with van der Waals surface area (Å²) >= 11 is 12.4. The van der Waals surface area contributed by atoms with Crippen LogP contribution in [0.15, 0.2) is 53.6 Å². The average molecular weight is 488 g/mol. The van der Waals surface area contributed by atoms with Crippen LogP contribution in [0.2, 0.25) is 10.0 Å². The topological polar surface area (TPSA) is 71.8 Å². The summed E-state index contributed by atoms with van der Waals surface area (Å²) in [6.45, 7) is 1.70. The molecule has 4 aromatic rings. The zero-order valence-electron chi connectivity index (χ0n) is 17.1. The fourth-order valence-electron chi connectivity index (χ4n) is 3.94. The van der Waals surface area contributed by atoms with Gasteiger partial charge in [0.1, 0.15) is 0 Å². The second kappa shape index (κ2) is 8.70. The first kappa shape index (κ1) is 21.8. The lowest BCUT2D eigenvalue weighted by molar-refractivity contribution is 0.152. The van der Waals surface area contributed by atoms with E-state index in [9.17, 15) is 13.6 Å². The summed E-state index contributed by atoms with van der Waals surface area (Å²) in [6, 6.07) is 10.5. The van der Waals surface area contributed by atoms with E-state index in [0.717, 1.165) is 36.0 Å². The van der Waals surface area contributed by atoms with E-state index in [-0.39, 0.29) is 32.6 Å². The number of pyridine rings is 1. The first-order valence-corrected chi connectivity index (χ1v) is 10.9. The number of alkyl halides is 2. The van der Waals surface area contributed by atoms with E-state index in [1.54, 1.807) is 6.07 Å². The summed E-state index contributed by atoms with van der Waals surface area (Å²) in [5, 5.41) is 6.62. The molecule has 1 aliphatic heterocycles. The summed E-state index contributed by atoms with van der Waals surface area (Å²) in [5.74, 6) is 0.117. The van der Waals surface area contributed by atoms with Gasteiger partial charge in [0.05, 0.1) is 32.2 Å². The predicted molar refractivity (Wildman–Crippen MR) is 125 cm³/mol. The Labute approximate surface area is 197 Å². The molecule has 0 amide bonds. The van der Waals surface area contributed by atoms with E-state index in [0.29, 0.717) is 0 Å². The van der Waals surface area contributed by atoms with E-state index in [1.165, 1.54) is 29.5 Å². The minimum Gasteiger partial charge on any atom is -0.324 e. The highest BCUT2D eigenvalue weighted by atomic mass is 35.5. The number of nitrogens with zero attached hydrogens (tertiary/aromatic N) is 3. The number of nitrogens with one attached hydrogen (secondary N) is 2. The number of para-hydroxylation sites is 1. The molecule has 3 heterocycles. The number of rotatable bonds is 4. The summed E-state index contributed by atoms with van der Waals surface area (Å²) in [4.78, 5) is 21.6. The maximum Gasteiger partial charge on any atom is 0.267 e. The standard InChI is InChI=1S/C23H17Cl2F2N5O/c24-17-2-1-3-18(25)20(17)32-11-16(21(26)27)19-15(22(32)33)10-29-23(31-19)30-14-5-4-13-9-28-7-6-12(13)8-14/h1-5,8,10-11,21,28H,6-7,9H2,(H,29,30,31). The Bertz CT molecular complexity index is 1420. The normalized spacial score (nSPS) is 13.4. The third kappa shape index (κ3) is 4.06. The van der Waals surface area contributed by atoms with Gasteiger partial charge in [-0.05, 0) is 48.4 Å². The number of fused-ring (bicyclic) bond motifs is 2. The van der Waals surface area contributed by atoms with Crippen molar-refractivity contribution in [1.29, 1.82) is 0 Å². The molecule has 0 fully saturated rings. The van der Waals surface area contributed by atoms with Crippen LogP contribution in [0.4, 0.5) is 20.4 Å². The lowest BCUT2D eigenvalue weighted by Gasteiger charge is -2.18. The lowest BCUT2D eigenvalue weighted by Crippen LogP contribution is -2.23. The Morgan fingerprint density at radius 3 is 2.67 bits per heavy atom. The fourth-order valence-corrected chi connectivity index (χ4v) is 4.52. The molecule has 0 aliphatic carbocycles. The van der Waals surface area contributed by atoms with Gasteiger partial charge in [-0.1, -0.05) is 35.3 Å². The van der Waals surface area contributed by atoms with E-state index >= 15 is 0 Å². The van der Waals surface area contributed by atoms with Crippen molar-refractivity contribution >= 4 is 45.7 Å². The highest BCUT2D eigenvalue weighted by Crippen LogP contribution is 2.31. The monoisotopic (exact) mass is 487 g/mol. The van der Waals surface area contributed by atoms with Gasteiger partial charge in [-0.3, -0.25) is 9.36 Å². The van der Waals surface area contributed by atoms with Crippen LogP contribution in [0.3, 0.4) is 0 Å². The van der Waals surface area contributed by atoms with E-state index in [4.69, 9.17) is 23.2 Å². The number of anilines is 2. The van der Waals surface area contributed by atoms with Gasteiger partial charge in [-0.2, -0.15) is 0 Å². The minimum absolute atomic E-state index is 0.0640. The Balaban J connectivity index is 1.61. The molecule has 1 aliphatic rings. The number of hydrogen-bond donors (Lipinski definition) is 2. The summed E-state index contributed by atoms with van der Waals surface area (Å²) < 4.78 is 29.0. The van der Waals surface area contributed by atoms with Crippen molar-refractivity contribution < 1.29 is 8.78 Å². The molecule has 0 unspecified atom stereocenters. The van der Waals surface area contributed by atoms with Crippen LogP contribution in [0, 0.1) is 0 Å². The Morgan fingerprint density at radius 1 is 1.12 bits per heavy atom. The maximum absolute atomic E-state index is 14.0. The molecule has 33 heavy (non-hydrogen) atoms. The SMILES string of the molecule is O=c1c2cnc(Nc3ccc4c(c3)CCNC4)nc2c(C(F)F)cn1-c1c(Cl)cccc1Cl. The Morgan fingerprint density at radius 2 is 1.91 bits per heavy atom. The van der Waals surface area contributed by atoms with Gasteiger partial charge < -0.3 is 10.6 Å². The van der Waals surface area contributed by atoms with Crippen LogP contribution in [0.5, 0.6) is 0 Å². The molecule has 0 radical (unpaired) electrons. The van der Waals surface area contributed by atoms with Crippen molar-refractivity contribution in [2.45, 2.75) is 19.4 Å². The van der Waals surface area contributed by atoms with Crippen LogP contribution in [0.1, 0.15) is 23.1 Å². The van der Waals surface area contributed by atoms with Crippen molar-refractivity contribution in [3.8, 4) is 5.69 Å². The Hall–Kier alpha value is -3.07. The first-order valence-electron chi connectivity index (χ1n) is 10.2. The smallest absolute Gasteiger partial charge is 0.267 e. The maximum atomic E-state index is 14.0. The minimum atomic E-state index is -2.89. The third-order valence-electron chi connectivity index (χ3n) is 5.54. The quantitative estimate of drug-likeness (QED) is 0.402. The molecule has 2 aromatic carbocycles. The molecular formula is C23H17Cl2F2N5O. The molecule has 6 nitrogen and oxygen atoms in total. The number of halogens is 4. The fraction of sp³-hybridized carbons (Fsp3) is 0.174. The van der Waals surface area contributed by atoms with Gasteiger partial charge in [0.25, 0.3) is 12.0 Å². The number of benzene rings is 2. The molecule has 2 aromatic heterocycles. The van der Waals surface area contributed by atoms with Crippen LogP contribution in [-0.4, -0.2) is 21.1 Å². The number of hydrogen-bond acceptors (Lipinski definition) is 5. The van der Waals surface area contributed by atoms with Gasteiger partial charge in [0.2, 0.25) is 5.95 Å². The molecule has 0 atom stereocenters. The second-order valence-electron chi connectivity index (χ2n) is 7.62. The molecular weight excluding hydrogens is 471 g/mol. The van der Waals surface area contributed by atoms with Gasteiger partial charge >= 0.3 is 0 Å². The largest absolute Gasteiger partial charge is 0.324 e. The van der Waals surface area contributed by atoms with Crippen LogP contribution < -0.4 is 16.2 Å². The van der Waals surface area contributed by atoms with Gasteiger partial charge in [0.15, 0.2) is 0 Å². The average Bonchev–Trinajstić information content (AvgIpc) is 2.80. The highest BCUT2D eigenvalue weighted by molar-refractivity contribution is 6.37. The molecule has 0 saturated heterocycles.